The number of anilines is 1. The first-order valence-corrected chi connectivity index (χ1v) is 12.0. The van der Waals surface area contributed by atoms with Gasteiger partial charge in [-0.15, -0.1) is 0 Å². The number of hydrogen-bond acceptors (Lipinski definition) is 7. The SMILES string of the molecule is COc1cc(C=CC2(c3ccccc3OC(C)=O)Sc3ccccc3N2C(C)=O)cc(OC)c1OC. The maximum atomic E-state index is 13.1. The summed E-state index contributed by atoms with van der Waals surface area (Å²) in [5.74, 6) is 1.29. The molecule has 0 aliphatic carbocycles. The molecular weight excluding hydrogens is 478 g/mol. The molecule has 186 valence electrons. The molecule has 0 saturated carbocycles. The molecule has 3 aromatic carbocycles. The van der Waals surface area contributed by atoms with Gasteiger partial charge in [0.1, 0.15) is 10.6 Å². The Morgan fingerprint density at radius 2 is 1.50 bits per heavy atom. The average Bonchev–Trinajstić information content (AvgIpc) is 3.22. The lowest BCUT2D eigenvalue weighted by atomic mass is 10.00. The lowest BCUT2D eigenvalue weighted by molar-refractivity contribution is -0.131. The van der Waals surface area contributed by atoms with Crippen LogP contribution in [0.3, 0.4) is 0 Å². The number of fused-ring (bicyclic) bond motifs is 1. The van der Waals surface area contributed by atoms with Crippen LogP contribution < -0.4 is 23.8 Å². The van der Waals surface area contributed by atoms with E-state index in [1.165, 1.54) is 25.6 Å². The minimum Gasteiger partial charge on any atom is -0.493 e. The normalized spacial score (nSPS) is 16.5. The van der Waals surface area contributed by atoms with Crippen molar-refractivity contribution in [3.8, 4) is 23.0 Å². The summed E-state index contributed by atoms with van der Waals surface area (Å²) in [7, 11) is 4.67. The number of hydrogen-bond donors (Lipinski definition) is 0. The predicted molar refractivity (Wildman–Crippen MR) is 140 cm³/mol. The monoisotopic (exact) mass is 505 g/mol. The van der Waals surface area contributed by atoms with Crippen LogP contribution in [0.4, 0.5) is 5.69 Å². The maximum Gasteiger partial charge on any atom is 0.308 e. The fourth-order valence-electron chi connectivity index (χ4n) is 4.31. The molecule has 3 aromatic rings. The number of rotatable bonds is 7. The molecule has 1 unspecified atom stereocenters. The fourth-order valence-corrected chi connectivity index (χ4v) is 5.79. The Kier molecular flexibility index (Phi) is 7.26. The highest BCUT2D eigenvalue weighted by Crippen LogP contribution is 2.58. The van der Waals surface area contributed by atoms with Crippen molar-refractivity contribution >= 4 is 35.4 Å². The Balaban J connectivity index is 1.94. The van der Waals surface area contributed by atoms with Gasteiger partial charge >= 0.3 is 5.97 Å². The number of carbonyl (C=O) groups excluding carboxylic acids is 2. The minimum atomic E-state index is -1.03. The zero-order valence-corrected chi connectivity index (χ0v) is 21.5. The van der Waals surface area contributed by atoms with Crippen LogP contribution in [0, 0.1) is 0 Å². The van der Waals surface area contributed by atoms with Gasteiger partial charge in [-0.1, -0.05) is 48.2 Å². The summed E-state index contributed by atoms with van der Waals surface area (Å²) < 4.78 is 22.0. The van der Waals surface area contributed by atoms with E-state index < -0.39 is 10.8 Å². The zero-order valence-electron chi connectivity index (χ0n) is 20.7. The van der Waals surface area contributed by atoms with Crippen LogP contribution in [0.5, 0.6) is 23.0 Å². The number of esters is 1. The van der Waals surface area contributed by atoms with Crippen LogP contribution in [0.25, 0.3) is 6.08 Å². The van der Waals surface area contributed by atoms with Gasteiger partial charge in [-0.2, -0.15) is 0 Å². The standard InChI is InChI=1S/C28H27NO6S/c1-18(30)29-22-11-7-9-13-26(22)36-28(29,21-10-6-8-12-23(21)35-19(2)31)15-14-20-16-24(32-3)27(34-5)25(17-20)33-4/h6-17H,1-5H3. The Morgan fingerprint density at radius 1 is 0.861 bits per heavy atom. The highest BCUT2D eigenvalue weighted by molar-refractivity contribution is 8.01. The van der Waals surface area contributed by atoms with Crippen LogP contribution in [0.15, 0.2) is 71.6 Å². The summed E-state index contributed by atoms with van der Waals surface area (Å²) in [6, 6.07) is 18.6. The van der Waals surface area contributed by atoms with Gasteiger partial charge in [-0.25, -0.2) is 0 Å². The average molecular weight is 506 g/mol. The molecule has 0 aromatic heterocycles. The molecule has 0 spiro atoms. The molecule has 0 N–H and O–H groups in total. The van der Waals surface area contributed by atoms with Crippen LogP contribution in [0.1, 0.15) is 25.0 Å². The van der Waals surface area contributed by atoms with Crippen molar-refractivity contribution in [2.24, 2.45) is 0 Å². The minimum absolute atomic E-state index is 0.153. The van der Waals surface area contributed by atoms with Crippen molar-refractivity contribution in [1.82, 2.24) is 0 Å². The van der Waals surface area contributed by atoms with Crippen molar-refractivity contribution < 1.29 is 28.5 Å². The molecule has 36 heavy (non-hydrogen) atoms. The predicted octanol–water partition coefficient (Wildman–Crippen LogP) is 5.66. The molecule has 1 aliphatic heterocycles. The van der Waals surface area contributed by atoms with Crippen molar-refractivity contribution in [3.63, 3.8) is 0 Å². The van der Waals surface area contributed by atoms with E-state index in [-0.39, 0.29) is 5.91 Å². The van der Waals surface area contributed by atoms with Crippen LogP contribution in [-0.4, -0.2) is 33.2 Å². The molecule has 4 rings (SSSR count). The molecule has 7 nitrogen and oxygen atoms in total. The Bertz CT molecular complexity index is 1310. The van der Waals surface area contributed by atoms with Gasteiger partial charge in [-0.3, -0.25) is 14.5 Å². The van der Waals surface area contributed by atoms with Crippen molar-refractivity contribution in [1.29, 1.82) is 0 Å². The van der Waals surface area contributed by atoms with E-state index in [0.717, 1.165) is 16.1 Å². The molecule has 1 heterocycles. The van der Waals surface area contributed by atoms with Gasteiger partial charge in [0.05, 0.1) is 27.0 Å². The summed E-state index contributed by atoms with van der Waals surface area (Å²) in [5.41, 5.74) is 2.22. The number of ether oxygens (including phenoxy) is 4. The number of amides is 1. The number of carbonyl (C=O) groups is 2. The third-order valence-corrected chi connectivity index (χ3v) is 7.15. The number of nitrogens with zero attached hydrogens (tertiary/aromatic N) is 1. The van der Waals surface area contributed by atoms with Gasteiger partial charge in [0.15, 0.2) is 11.5 Å². The Hall–Kier alpha value is -3.91. The number of methoxy groups -OCH3 is 3. The number of thioether (sulfide) groups is 1. The van der Waals surface area contributed by atoms with E-state index >= 15 is 0 Å². The van der Waals surface area contributed by atoms with E-state index in [4.69, 9.17) is 18.9 Å². The molecule has 0 fully saturated rings. The Labute approximate surface area is 214 Å². The summed E-state index contributed by atoms with van der Waals surface area (Å²) in [5, 5.41) is 0. The lowest BCUT2D eigenvalue weighted by Crippen LogP contribution is -2.42. The maximum absolute atomic E-state index is 13.1. The van der Waals surface area contributed by atoms with Crippen LogP contribution in [0.2, 0.25) is 0 Å². The van der Waals surface area contributed by atoms with E-state index in [1.807, 2.05) is 60.7 Å². The third-order valence-electron chi connectivity index (χ3n) is 5.73. The highest BCUT2D eigenvalue weighted by atomic mass is 32.2. The fraction of sp³-hybridized carbons (Fsp3) is 0.214. The first-order chi connectivity index (χ1) is 17.3. The third kappa shape index (κ3) is 4.52. The van der Waals surface area contributed by atoms with Gasteiger partial charge in [0.2, 0.25) is 11.7 Å². The summed E-state index contributed by atoms with van der Waals surface area (Å²) in [4.78, 5) is 26.7. The highest BCUT2D eigenvalue weighted by Gasteiger charge is 2.48. The van der Waals surface area contributed by atoms with Gasteiger partial charge in [-0.05, 0) is 42.0 Å². The molecule has 1 atom stereocenters. The number of benzene rings is 3. The van der Waals surface area contributed by atoms with E-state index in [0.29, 0.717) is 28.6 Å². The molecular formula is C28H27NO6S. The van der Waals surface area contributed by atoms with Gasteiger partial charge in [0, 0.05) is 24.3 Å². The number of para-hydroxylation sites is 2. The largest absolute Gasteiger partial charge is 0.493 e. The van der Waals surface area contributed by atoms with E-state index in [2.05, 4.69) is 0 Å². The Morgan fingerprint density at radius 3 is 2.11 bits per heavy atom. The van der Waals surface area contributed by atoms with Gasteiger partial charge in [0.25, 0.3) is 0 Å². The molecule has 1 amide bonds. The van der Waals surface area contributed by atoms with Crippen molar-refractivity contribution in [2.75, 3.05) is 26.2 Å². The molecule has 8 heteroatoms. The molecule has 1 aliphatic rings. The van der Waals surface area contributed by atoms with E-state index in [1.54, 1.807) is 38.4 Å². The van der Waals surface area contributed by atoms with Crippen LogP contribution >= 0.6 is 11.8 Å². The first kappa shape index (κ1) is 25.2. The van der Waals surface area contributed by atoms with E-state index in [9.17, 15) is 9.59 Å². The molecule has 0 saturated heterocycles. The smallest absolute Gasteiger partial charge is 0.308 e. The first-order valence-electron chi connectivity index (χ1n) is 11.2. The second kappa shape index (κ2) is 10.4. The van der Waals surface area contributed by atoms with Crippen molar-refractivity contribution in [3.05, 3.63) is 77.9 Å². The molecule has 0 bridgehead atoms. The zero-order chi connectivity index (χ0) is 25.9. The topological polar surface area (TPSA) is 74.3 Å². The van der Waals surface area contributed by atoms with Crippen molar-refractivity contribution in [2.45, 2.75) is 23.6 Å². The summed E-state index contributed by atoms with van der Waals surface area (Å²) >= 11 is 1.50. The second-order valence-electron chi connectivity index (χ2n) is 8.00. The quantitative estimate of drug-likeness (QED) is 0.303. The summed E-state index contributed by atoms with van der Waals surface area (Å²) in [6.45, 7) is 2.88. The summed E-state index contributed by atoms with van der Waals surface area (Å²) in [6.07, 6.45) is 3.83. The van der Waals surface area contributed by atoms with Gasteiger partial charge < -0.3 is 18.9 Å². The molecule has 0 radical (unpaired) electrons. The second-order valence-corrected chi connectivity index (χ2v) is 9.27. The van der Waals surface area contributed by atoms with Crippen LogP contribution in [-0.2, 0) is 14.5 Å². The lowest BCUT2D eigenvalue weighted by Gasteiger charge is -2.36.